The van der Waals surface area contributed by atoms with E-state index < -0.39 is 0 Å². The molecule has 3 N–H and O–H groups in total. The fraction of sp³-hybridized carbons (Fsp3) is 0.950. The molecule has 1 unspecified atom stereocenters. The Balaban J connectivity index is 2.64. The molecule has 0 bridgehead atoms. The van der Waals surface area contributed by atoms with Crippen LogP contribution in [0, 0.1) is 5.92 Å². The van der Waals surface area contributed by atoms with Crippen molar-refractivity contribution in [2.75, 3.05) is 52.5 Å². The Bertz CT molecular complexity index is 384. The number of nitrogens with one attached hydrogen (secondary N) is 3. The monoisotopic (exact) mass is 369 g/mol. The molecule has 6 heteroatoms. The normalized spacial score (nSPS) is 18.2. The number of nitrogens with zero attached hydrogens (tertiary/aromatic N) is 2. The number of ether oxygens (including phenoxy) is 1. The molecule has 1 rings (SSSR count). The molecular formula is C20H43N5O. The highest BCUT2D eigenvalue weighted by Crippen LogP contribution is 2.20. The molecule has 6 nitrogen and oxygen atoms in total. The lowest BCUT2D eigenvalue weighted by Crippen LogP contribution is -2.49. The lowest BCUT2D eigenvalue weighted by atomic mass is 9.92. The van der Waals surface area contributed by atoms with E-state index in [0.29, 0.717) is 12.0 Å². The van der Waals surface area contributed by atoms with Gasteiger partial charge >= 0.3 is 0 Å². The molecule has 0 radical (unpaired) electrons. The van der Waals surface area contributed by atoms with Gasteiger partial charge < -0.3 is 20.7 Å². The van der Waals surface area contributed by atoms with E-state index >= 15 is 0 Å². The van der Waals surface area contributed by atoms with Gasteiger partial charge in [-0.2, -0.15) is 0 Å². The maximum Gasteiger partial charge on any atom is 0.191 e. The van der Waals surface area contributed by atoms with Gasteiger partial charge in [0.25, 0.3) is 0 Å². The molecule has 0 aromatic carbocycles. The first kappa shape index (κ1) is 23.2. The Kier molecular flexibility index (Phi) is 11.2. The molecule has 1 aliphatic rings. The van der Waals surface area contributed by atoms with Crippen LogP contribution in [0.15, 0.2) is 4.99 Å². The Labute approximate surface area is 161 Å². The predicted octanol–water partition coefficient (Wildman–Crippen LogP) is 2.07. The predicted molar refractivity (Wildman–Crippen MR) is 112 cm³/mol. The molecule has 1 saturated heterocycles. The van der Waals surface area contributed by atoms with Gasteiger partial charge in [-0.1, -0.05) is 26.7 Å². The lowest BCUT2D eigenvalue weighted by molar-refractivity contribution is 0.00395. The van der Waals surface area contributed by atoms with Crippen LogP contribution in [0.25, 0.3) is 0 Å². The van der Waals surface area contributed by atoms with Gasteiger partial charge in [0.1, 0.15) is 0 Å². The number of hydrogen-bond donors (Lipinski definition) is 3. The summed E-state index contributed by atoms with van der Waals surface area (Å²) in [6.07, 6.45) is 2.40. The van der Waals surface area contributed by atoms with Crippen molar-refractivity contribution < 1.29 is 4.74 Å². The summed E-state index contributed by atoms with van der Waals surface area (Å²) in [4.78, 5) is 7.50. The molecule has 154 valence electrons. The van der Waals surface area contributed by atoms with Crippen molar-refractivity contribution >= 4 is 5.96 Å². The van der Waals surface area contributed by atoms with Gasteiger partial charge in [-0.25, -0.2) is 0 Å². The Morgan fingerprint density at radius 1 is 1.04 bits per heavy atom. The van der Waals surface area contributed by atoms with E-state index in [1.54, 1.807) is 0 Å². The topological polar surface area (TPSA) is 60.9 Å². The SMILES string of the molecule is CCNC(=NCC(C(CC)CC)N1CCOCC1)NCCNC(C)(C)C. The Morgan fingerprint density at radius 2 is 1.69 bits per heavy atom. The molecule has 1 aliphatic heterocycles. The van der Waals surface area contributed by atoms with Gasteiger partial charge in [-0.05, 0) is 33.6 Å². The van der Waals surface area contributed by atoms with Crippen LogP contribution < -0.4 is 16.0 Å². The van der Waals surface area contributed by atoms with E-state index in [9.17, 15) is 0 Å². The Morgan fingerprint density at radius 3 is 2.23 bits per heavy atom. The molecule has 1 heterocycles. The van der Waals surface area contributed by atoms with Crippen LogP contribution in [-0.4, -0.2) is 74.9 Å². The third-order valence-electron chi connectivity index (χ3n) is 4.96. The summed E-state index contributed by atoms with van der Waals surface area (Å²) in [5.74, 6) is 1.61. The number of aliphatic imine (C=N–C) groups is 1. The zero-order valence-electron chi connectivity index (χ0n) is 18.0. The zero-order valence-corrected chi connectivity index (χ0v) is 18.0. The summed E-state index contributed by atoms with van der Waals surface area (Å²) in [6.45, 7) is 20.5. The van der Waals surface area contributed by atoms with Gasteiger partial charge in [-0.15, -0.1) is 0 Å². The molecule has 0 spiro atoms. The minimum Gasteiger partial charge on any atom is -0.379 e. The van der Waals surface area contributed by atoms with Gasteiger partial charge in [0.2, 0.25) is 0 Å². The average Bonchev–Trinajstić information content (AvgIpc) is 2.62. The number of hydrogen-bond acceptors (Lipinski definition) is 4. The average molecular weight is 370 g/mol. The van der Waals surface area contributed by atoms with Crippen LogP contribution in [0.2, 0.25) is 0 Å². The van der Waals surface area contributed by atoms with Crippen LogP contribution in [-0.2, 0) is 4.74 Å². The highest BCUT2D eigenvalue weighted by molar-refractivity contribution is 5.79. The maximum atomic E-state index is 5.54. The van der Waals surface area contributed by atoms with E-state index in [1.165, 1.54) is 12.8 Å². The van der Waals surface area contributed by atoms with Crippen molar-refractivity contribution in [2.45, 2.75) is 66.0 Å². The van der Waals surface area contributed by atoms with Gasteiger partial charge in [0.15, 0.2) is 5.96 Å². The maximum absolute atomic E-state index is 5.54. The second-order valence-corrected chi connectivity index (χ2v) is 8.12. The van der Waals surface area contributed by atoms with E-state index in [0.717, 1.165) is 58.4 Å². The van der Waals surface area contributed by atoms with Crippen molar-refractivity contribution in [3.8, 4) is 0 Å². The van der Waals surface area contributed by atoms with Crippen molar-refractivity contribution in [1.82, 2.24) is 20.9 Å². The molecular weight excluding hydrogens is 326 g/mol. The summed E-state index contributed by atoms with van der Waals surface area (Å²) in [6, 6.07) is 0.497. The summed E-state index contributed by atoms with van der Waals surface area (Å²) in [5.41, 5.74) is 0.147. The lowest BCUT2D eigenvalue weighted by Gasteiger charge is -2.38. The molecule has 0 aliphatic carbocycles. The summed E-state index contributed by atoms with van der Waals surface area (Å²) < 4.78 is 5.54. The van der Waals surface area contributed by atoms with Gasteiger partial charge in [0, 0.05) is 44.3 Å². The molecule has 26 heavy (non-hydrogen) atoms. The molecule has 0 aromatic rings. The first-order valence-corrected chi connectivity index (χ1v) is 10.5. The summed E-state index contributed by atoms with van der Waals surface area (Å²) in [7, 11) is 0. The smallest absolute Gasteiger partial charge is 0.191 e. The molecule has 0 aromatic heterocycles. The second kappa shape index (κ2) is 12.5. The fourth-order valence-electron chi connectivity index (χ4n) is 3.45. The summed E-state index contributed by atoms with van der Waals surface area (Å²) >= 11 is 0. The first-order chi connectivity index (χ1) is 12.4. The zero-order chi connectivity index (χ0) is 19.4. The quantitative estimate of drug-likeness (QED) is 0.313. The van der Waals surface area contributed by atoms with Crippen molar-refractivity contribution in [1.29, 1.82) is 0 Å². The minimum absolute atomic E-state index is 0.147. The van der Waals surface area contributed by atoms with E-state index in [4.69, 9.17) is 9.73 Å². The highest BCUT2D eigenvalue weighted by atomic mass is 16.5. The van der Waals surface area contributed by atoms with Crippen LogP contribution >= 0.6 is 0 Å². The van der Waals surface area contributed by atoms with Gasteiger partial charge in [-0.3, -0.25) is 9.89 Å². The summed E-state index contributed by atoms with van der Waals surface area (Å²) in [5, 5.41) is 10.3. The second-order valence-electron chi connectivity index (χ2n) is 8.12. The van der Waals surface area contributed by atoms with E-state index in [1.807, 2.05) is 0 Å². The minimum atomic E-state index is 0.147. The molecule has 0 saturated carbocycles. The van der Waals surface area contributed by atoms with Crippen molar-refractivity contribution in [2.24, 2.45) is 10.9 Å². The molecule has 1 fully saturated rings. The fourth-order valence-corrected chi connectivity index (χ4v) is 3.45. The number of morpholine rings is 1. The third kappa shape index (κ3) is 9.19. The molecule has 0 amide bonds. The van der Waals surface area contributed by atoms with Crippen LogP contribution in [0.3, 0.4) is 0 Å². The van der Waals surface area contributed by atoms with Crippen LogP contribution in [0.5, 0.6) is 0 Å². The number of rotatable bonds is 10. The van der Waals surface area contributed by atoms with Crippen LogP contribution in [0.4, 0.5) is 0 Å². The highest BCUT2D eigenvalue weighted by Gasteiger charge is 2.26. The van der Waals surface area contributed by atoms with E-state index in [-0.39, 0.29) is 5.54 Å². The largest absolute Gasteiger partial charge is 0.379 e. The standard InChI is InChI=1S/C20H43N5O/c1-7-17(8-2)18(25-12-14-26-15-13-25)16-23-19(21-9-3)22-10-11-24-20(4,5)6/h17-18,24H,7-16H2,1-6H3,(H2,21,22,23). The van der Waals surface area contributed by atoms with Crippen molar-refractivity contribution in [3.63, 3.8) is 0 Å². The van der Waals surface area contributed by atoms with Crippen molar-refractivity contribution in [3.05, 3.63) is 0 Å². The molecule has 1 atom stereocenters. The van der Waals surface area contributed by atoms with Crippen LogP contribution in [0.1, 0.15) is 54.4 Å². The first-order valence-electron chi connectivity index (χ1n) is 10.5. The third-order valence-corrected chi connectivity index (χ3v) is 4.96. The Hall–Kier alpha value is -0.850. The van der Waals surface area contributed by atoms with E-state index in [2.05, 4.69) is 62.4 Å². The number of guanidine groups is 1. The van der Waals surface area contributed by atoms with Gasteiger partial charge in [0.05, 0.1) is 19.8 Å².